The van der Waals surface area contributed by atoms with Crippen molar-refractivity contribution in [3.8, 4) is 0 Å². The number of aryl methyl sites for hydroxylation is 2. The Morgan fingerprint density at radius 2 is 1.89 bits per heavy atom. The zero-order valence-electron chi connectivity index (χ0n) is 16.1. The maximum Gasteiger partial charge on any atom is 0.243 e. The van der Waals surface area contributed by atoms with Gasteiger partial charge in [0.2, 0.25) is 5.91 Å². The summed E-state index contributed by atoms with van der Waals surface area (Å²) in [5, 5.41) is 2.93. The molecule has 0 atom stereocenters. The molecule has 0 N–H and O–H groups in total. The third-order valence-corrected chi connectivity index (χ3v) is 7.00. The summed E-state index contributed by atoms with van der Waals surface area (Å²) in [7, 11) is 2.01. The van der Waals surface area contributed by atoms with E-state index >= 15 is 0 Å². The second-order valence-electron chi connectivity index (χ2n) is 7.29. The van der Waals surface area contributed by atoms with Gasteiger partial charge in [-0.1, -0.05) is 36.4 Å². The standard InChI is InChI=1S/C22H25N3OS2/c1-24(15-18-10-7-13-27-18)16-21(26)25(14-17-8-3-2-4-9-17)22-23-19-11-5-6-12-20(19)28-22/h2-4,7-10,13H,5-6,11-12,14-16H2,1H3. The first-order valence-electron chi connectivity index (χ1n) is 9.73. The minimum absolute atomic E-state index is 0.106. The Morgan fingerprint density at radius 1 is 1.07 bits per heavy atom. The van der Waals surface area contributed by atoms with Gasteiger partial charge in [0.1, 0.15) is 0 Å². The van der Waals surface area contributed by atoms with Gasteiger partial charge in [-0.25, -0.2) is 4.98 Å². The minimum Gasteiger partial charge on any atom is -0.292 e. The van der Waals surface area contributed by atoms with Crippen LogP contribution in [-0.4, -0.2) is 29.4 Å². The van der Waals surface area contributed by atoms with E-state index in [9.17, 15) is 4.79 Å². The van der Waals surface area contributed by atoms with E-state index in [0.29, 0.717) is 13.1 Å². The normalized spacial score (nSPS) is 13.5. The van der Waals surface area contributed by atoms with Gasteiger partial charge in [-0.3, -0.25) is 14.6 Å². The van der Waals surface area contributed by atoms with Crippen LogP contribution in [0.4, 0.5) is 5.13 Å². The Balaban J connectivity index is 1.53. The Morgan fingerprint density at radius 3 is 2.64 bits per heavy atom. The van der Waals surface area contributed by atoms with Gasteiger partial charge in [-0.2, -0.15) is 0 Å². The molecule has 2 aromatic heterocycles. The zero-order valence-corrected chi connectivity index (χ0v) is 17.8. The number of anilines is 1. The van der Waals surface area contributed by atoms with Crippen molar-refractivity contribution < 1.29 is 4.79 Å². The van der Waals surface area contributed by atoms with Gasteiger partial charge < -0.3 is 0 Å². The molecule has 0 spiro atoms. The van der Waals surface area contributed by atoms with Crippen molar-refractivity contribution in [1.82, 2.24) is 9.88 Å². The average molecular weight is 412 g/mol. The van der Waals surface area contributed by atoms with E-state index in [1.54, 1.807) is 22.7 Å². The summed E-state index contributed by atoms with van der Waals surface area (Å²) in [6.07, 6.45) is 4.56. The summed E-state index contributed by atoms with van der Waals surface area (Å²) in [5.41, 5.74) is 2.33. The van der Waals surface area contributed by atoms with Crippen LogP contribution in [0.15, 0.2) is 47.8 Å². The van der Waals surface area contributed by atoms with Crippen molar-refractivity contribution in [1.29, 1.82) is 0 Å². The SMILES string of the molecule is CN(CC(=O)N(Cc1ccccc1)c1nc2c(s1)CCCC2)Cc1cccs1. The van der Waals surface area contributed by atoms with E-state index in [0.717, 1.165) is 30.1 Å². The summed E-state index contributed by atoms with van der Waals surface area (Å²) in [5.74, 6) is 0.106. The number of fused-ring (bicyclic) bond motifs is 1. The number of benzene rings is 1. The highest BCUT2D eigenvalue weighted by molar-refractivity contribution is 7.16. The highest BCUT2D eigenvalue weighted by atomic mass is 32.1. The topological polar surface area (TPSA) is 36.4 Å². The fourth-order valence-corrected chi connectivity index (χ4v) is 5.47. The lowest BCUT2D eigenvalue weighted by Gasteiger charge is -2.23. The molecule has 2 heterocycles. The van der Waals surface area contributed by atoms with E-state index in [4.69, 9.17) is 4.98 Å². The second kappa shape index (κ2) is 8.99. The number of amides is 1. The van der Waals surface area contributed by atoms with Gasteiger partial charge in [0.05, 0.1) is 18.8 Å². The van der Waals surface area contributed by atoms with E-state index in [1.807, 2.05) is 30.1 Å². The van der Waals surface area contributed by atoms with Crippen molar-refractivity contribution in [2.24, 2.45) is 0 Å². The molecule has 1 aliphatic carbocycles. The molecule has 3 aromatic rings. The minimum atomic E-state index is 0.106. The number of rotatable bonds is 7. The molecule has 0 saturated heterocycles. The molecule has 0 radical (unpaired) electrons. The lowest BCUT2D eigenvalue weighted by Crippen LogP contribution is -2.38. The monoisotopic (exact) mass is 411 g/mol. The summed E-state index contributed by atoms with van der Waals surface area (Å²) in [4.78, 5) is 24.7. The molecule has 0 aliphatic heterocycles. The number of thiophene rings is 1. The van der Waals surface area contributed by atoms with Crippen LogP contribution in [-0.2, 0) is 30.7 Å². The van der Waals surface area contributed by atoms with E-state index < -0.39 is 0 Å². The fraction of sp³-hybridized carbons (Fsp3) is 0.364. The summed E-state index contributed by atoms with van der Waals surface area (Å²) in [6.45, 7) is 1.74. The molecule has 4 rings (SSSR count). The van der Waals surface area contributed by atoms with Crippen LogP contribution in [0.2, 0.25) is 0 Å². The van der Waals surface area contributed by atoms with Gasteiger partial charge in [-0.15, -0.1) is 22.7 Å². The number of aromatic nitrogens is 1. The molecule has 4 nitrogen and oxygen atoms in total. The second-order valence-corrected chi connectivity index (χ2v) is 9.38. The number of hydrogen-bond donors (Lipinski definition) is 0. The van der Waals surface area contributed by atoms with E-state index in [-0.39, 0.29) is 5.91 Å². The van der Waals surface area contributed by atoms with E-state index in [1.165, 1.54) is 28.3 Å². The third kappa shape index (κ3) is 4.69. The predicted octanol–water partition coefficient (Wildman–Crippen LogP) is 4.75. The maximum atomic E-state index is 13.3. The fourth-order valence-electron chi connectivity index (χ4n) is 3.52. The van der Waals surface area contributed by atoms with Crippen LogP contribution in [0.25, 0.3) is 0 Å². The number of carbonyl (C=O) groups excluding carboxylic acids is 1. The number of nitrogens with zero attached hydrogens (tertiary/aromatic N) is 3. The highest BCUT2D eigenvalue weighted by Gasteiger charge is 2.24. The molecule has 6 heteroatoms. The quantitative estimate of drug-likeness (QED) is 0.563. The first kappa shape index (κ1) is 19.3. The zero-order chi connectivity index (χ0) is 19.3. The van der Waals surface area contributed by atoms with Gasteiger partial charge >= 0.3 is 0 Å². The van der Waals surface area contributed by atoms with Crippen molar-refractivity contribution in [3.63, 3.8) is 0 Å². The smallest absolute Gasteiger partial charge is 0.243 e. The lowest BCUT2D eigenvalue weighted by molar-refractivity contribution is -0.119. The highest BCUT2D eigenvalue weighted by Crippen LogP contribution is 2.32. The summed E-state index contributed by atoms with van der Waals surface area (Å²) in [6, 6.07) is 14.4. The van der Waals surface area contributed by atoms with Gasteiger partial charge in [-0.05, 0) is 49.7 Å². The number of likely N-dealkylation sites (N-methyl/N-ethyl adjacent to an activating group) is 1. The molecule has 1 aliphatic rings. The molecular formula is C22H25N3OS2. The lowest BCUT2D eigenvalue weighted by atomic mass is 10.0. The maximum absolute atomic E-state index is 13.3. The Kier molecular flexibility index (Phi) is 6.20. The van der Waals surface area contributed by atoms with Crippen molar-refractivity contribution in [2.75, 3.05) is 18.5 Å². The summed E-state index contributed by atoms with van der Waals surface area (Å²) >= 11 is 3.43. The average Bonchev–Trinajstić information content (AvgIpc) is 3.36. The predicted molar refractivity (Wildman–Crippen MR) is 117 cm³/mol. The summed E-state index contributed by atoms with van der Waals surface area (Å²) < 4.78 is 0. The number of hydrogen-bond acceptors (Lipinski definition) is 5. The van der Waals surface area contributed by atoms with Crippen LogP contribution < -0.4 is 4.90 Å². The van der Waals surface area contributed by atoms with Gasteiger partial charge in [0.15, 0.2) is 5.13 Å². The largest absolute Gasteiger partial charge is 0.292 e. The molecule has 146 valence electrons. The Bertz CT molecular complexity index is 882. The molecule has 0 unspecified atom stereocenters. The number of thiazole rings is 1. The molecule has 0 fully saturated rings. The molecule has 1 aromatic carbocycles. The number of carbonyl (C=O) groups is 1. The molecular weight excluding hydrogens is 386 g/mol. The van der Waals surface area contributed by atoms with Crippen LogP contribution in [0.3, 0.4) is 0 Å². The first-order valence-corrected chi connectivity index (χ1v) is 11.4. The van der Waals surface area contributed by atoms with Gasteiger partial charge in [0.25, 0.3) is 0 Å². The third-order valence-electron chi connectivity index (χ3n) is 4.96. The van der Waals surface area contributed by atoms with Crippen LogP contribution in [0.1, 0.15) is 33.9 Å². The van der Waals surface area contributed by atoms with Crippen LogP contribution >= 0.6 is 22.7 Å². The first-order chi connectivity index (χ1) is 13.7. The molecule has 0 bridgehead atoms. The molecule has 0 saturated carbocycles. The van der Waals surface area contributed by atoms with E-state index in [2.05, 4.69) is 34.5 Å². The molecule has 1 amide bonds. The van der Waals surface area contributed by atoms with Crippen molar-refractivity contribution in [3.05, 3.63) is 68.9 Å². The van der Waals surface area contributed by atoms with Crippen LogP contribution in [0, 0.1) is 0 Å². The Labute approximate surface area is 174 Å². The Hall–Kier alpha value is -2.02. The van der Waals surface area contributed by atoms with Crippen molar-refractivity contribution in [2.45, 2.75) is 38.8 Å². The van der Waals surface area contributed by atoms with Crippen molar-refractivity contribution >= 4 is 33.7 Å². The molecule has 28 heavy (non-hydrogen) atoms. The van der Waals surface area contributed by atoms with Gasteiger partial charge in [0, 0.05) is 16.3 Å². The van der Waals surface area contributed by atoms with Crippen LogP contribution in [0.5, 0.6) is 0 Å².